The molecule has 1 aliphatic rings. The van der Waals surface area contributed by atoms with Crippen molar-refractivity contribution in [2.24, 2.45) is 4.99 Å². The van der Waals surface area contributed by atoms with Crippen molar-refractivity contribution in [2.75, 3.05) is 71.9 Å². The summed E-state index contributed by atoms with van der Waals surface area (Å²) in [6.07, 6.45) is 3.39. The van der Waals surface area contributed by atoms with Gasteiger partial charge in [-0.1, -0.05) is 0 Å². The number of aliphatic imine (C=N–C) groups is 1. The molecule has 0 bridgehead atoms. The van der Waals surface area contributed by atoms with Crippen molar-refractivity contribution in [2.45, 2.75) is 6.42 Å². The highest BCUT2D eigenvalue weighted by Gasteiger charge is 2.11. The van der Waals surface area contributed by atoms with Gasteiger partial charge in [-0.2, -0.15) is 11.8 Å². The molecular weight excluding hydrogens is 385 g/mol. The summed E-state index contributed by atoms with van der Waals surface area (Å²) in [5, 5.41) is 6.70. The predicted octanol–water partition coefficient (Wildman–Crippen LogP) is 0.770. The van der Waals surface area contributed by atoms with E-state index in [0.29, 0.717) is 0 Å². The average molecular weight is 415 g/mol. The van der Waals surface area contributed by atoms with Gasteiger partial charge < -0.3 is 20.4 Å². The van der Waals surface area contributed by atoms with Crippen molar-refractivity contribution in [3.8, 4) is 0 Å². The summed E-state index contributed by atoms with van der Waals surface area (Å²) in [5.74, 6) is 2.03. The van der Waals surface area contributed by atoms with Crippen LogP contribution >= 0.6 is 35.7 Å². The monoisotopic (exact) mass is 415 g/mol. The zero-order valence-corrected chi connectivity index (χ0v) is 16.2. The third-order valence-corrected chi connectivity index (χ3v) is 3.97. The van der Waals surface area contributed by atoms with Crippen LogP contribution < -0.4 is 10.6 Å². The highest BCUT2D eigenvalue weighted by Crippen LogP contribution is 1.99. The van der Waals surface area contributed by atoms with Crippen molar-refractivity contribution < 1.29 is 0 Å². The Bertz CT molecular complexity index is 265. The lowest BCUT2D eigenvalue weighted by Gasteiger charge is -2.21. The third kappa shape index (κ3) is 9.25. The van der Waals surface area contributed by atoms with E-state index in [0.717, 1.165) is 31.3 Å². The van der Waals surface area contributed by atoms with Crippen molar-refractivity contribution in [3.05, 3.63) is 0 Å². The van der Waals surface area contributed by atoms with Gasteiger partial charge in [0.2, 0.25) is 0 Å². The summed E-state index contributed by atoms with van der Waals surface area (Å²) in [7, 11) is 4.04. The number of rotatable bonds is 6. The largest absolute Gasteiger partial charge is 0.356 e. The van der Waals surface area contributed by atoms with Gasteiger partial charge in [-0.3, -0.25) is 4.99 Å². The lowest BCUT2D eigenvalue weighted by Crippen LogP contribution is -2.42. The number of halogens is 1. The van der Waals surface area contributed by atoms with Gasteiger partial charge in [-0.25, -0.2) is 0 Å². The van der Waals surface area contributed by atoms with Crippen LogP contribution in [0.2, 0.25) is 0 Å². The first-order valence-electron chi connectivity index (χ1n) is 7.10. The van der Waals surface area contributed by atoms with E-state index < -0.39 is 0 Å². The van der Waals surface area contributed by atoms with E-state index in [1.165, 1.54) is 32.6 Å². The molecule has 1 aliphatic heterocycles. The highest BCUT2D eigenvalue weighted by atomic mass is 127. The molecule has 0 atom stereocenters. The van der Waals surface area contributed by atoms with Crippen LogP contribution in [0, 0.1) is 0 Å². The Morgan fingerprint density at radius 2 is 1.90 bits per heavy atom. The molecule has 0 aromatic heterocycles. The fraction of sp³-hybridized carbons (Fsp3) is 0.923. The van der Waals surface area contributed by atoms with Gasteiger partial charge >= 0.3 is 0 Å². The summed E-state index contributed by atoms with van der Waals surface area (Å²) in [6.45, 7) is 7.82. The molecule has 7 heteroatoms. The van der Waals surface area contributed by atoms with Gasteiger partial charge in [0, 0.05) is 45.5 Å². The topological polar surface area (TPSA) is 42.9 Å². The predicted molar refractivity (Wildman–Crippen MR) is 102 cm³/mol. The first-order chi connectivity index (χ1) is 9.26. The molecule has 20 heavy (non-hydrogen) atoms. The maximum Gasteiger partial charge on any atom is 0.191 e. The molecule has 0 unspecified atom stereocenters. The van der Waals surface area contributed by atoms with Crippen LogP contribution in [0.5, 0.6) is 0 Å². The fourth-order valence-corrected chi connectivity index (χ4v) is 2.45. The first-order valence-corrected chi connectivity index (χ1v) is 8.50. The van der Waals surface area contributed by atoms with Crippen LogP contribution in [0.1, 0.15) is 6.42 Å². The molecule has 120 valence electrons. The van der Waals surface area contributed by atoms with E-state index in [1.807, 2.05) is 18.8 Å². The lowest BCUT2D eigenvalue weighted by atomic mass is 10.4. The molecule has 2 N–H and O–H groups in total. The summed E-state index contributed by atoms with van der Waals surface area (Å²) in [5.41, 5.74) is 0. The van der Waals surface area contributed by atoms with E-state index in [2.05, 4.69) is 38.7 Å². The molecule has 1 saturated heterocycles. The first kappa shape index (κ1) is 20.3. The SMILES string of the molecule is CN=C(NCCSC)NCCN1CCCN(C)CC1.I. The Balaban J connectivity index is 0.00000361. The Hall–Kier alpha value is 0.270. The average Bonchev–Trinajstić information content (AvgIpc) is 2.62. The third-order valence-electron chi connectivity index (χ3n) is 3.35. The lowest BCUT2D eigenvalue weighted by molar-refractivity contribution is 0.280. The molecule has 5 nitrogen and oxygen atoms in total. The number of nitrogens with zero attached hydrogens (tertiary/aromatic N) is 3. The number of hydrogen-bond donors (Lipinski definition) is 2. The van der Waals surface area contributed by atoms with E-state index in [9.17, 15) is 0 Å². The summed E-state index contributed by atoms with van der Waals surface area (Å²) < 4.78 is 0. The second-order valence-corrected chi connectivity index (χ2v) is 5.90. The van der Waals surface area contributed by atoms with Crippen molar-refractivity contribution in [1.82, 2.24) is 20.4 Å². The number of nitrogens with one attached hydrogen (secondary N) is 2. The zero-order valence-electron chi connectivity index (χ0n) is 13.0. The Labute approximate surface area is 145 Å². The number of hydrogen-bond acceptors (Lipinski definition) is 4. The number of thioether (sulfide) groups is 1. The second kappa shape index (κ2) is 13.0. The minimum absolute atomic E-state index is 0. The Morgan fingerprint density at radius 1 is 1.15 bits per heavy atom. The van der Waals surface area contributed by atoms with Gasteiger partial charge in [0.25, 0.3) is 0 Å². The van der Waals surface area contributed by atoms with Crippen LogP contribution in [-0.4, -0.2) is 87.7 Å². The smallest absolute Gasteiger partial charge is 0.191 e. The van der Waals surface area contributed by atoms with Gasteiger partial charge in [-0.15, -0.1) is 24.0 Å². The Morgan fingerprint density at radius 3 is 2.60 bits per heavy atom. The van der Waals surface area contributed by atoms with E-state index in [4.69, 9.17) is 0 Å². The Kier molecular flexibility index (Phi) is 13.1. The van der Waals surface area contributed by atoms with Gasteiger partial charge in [0.1, 0.15) is 0 Å². The molecule has 0 spiro atoms. The fourth-order valence-electron chi connectivity index (χ4n) is 2.15. The molecule has 0 aromatic rings. The maximum atomic E-state index is 4.23. The summed E-state index contributed by atoms with van der Waals surface area (Å²) in [4.78, 5) is 9.18. The van der Waals surface area contributed by atoms with Crippen LogP contribution in [-0.2, 0) is 0 Å². The maximum absolute atomic E-state index is 4.23. The van der Waals surface area contributed by atoms with Crippen molar-refractivity contribution in [1.29, 1.82) is 0 Å². The molecule has 0 saturated carbocycles. The minimum Gasteiger partial charge on any atom is -0.356 e. The van der Waals surface area contributed by atoms with E-state index >= 15 is 0 Å². The quantitative estimate of drug-likeness (QED) is 0.291. The molecule has 0 radical (unpaired) electrons. The molecule has 1 rings (SSSR count). The van der Waals surface area contributed by atoms with Crippen LogP contribution in [0.3, 0.4) is 0 Å². The molecule has 0 amide bonds. The van der Waals surface area contributed by atoms with Crippen molar-refractivity contribution in [3.63, 3.8) is 0 Å². The molecule has 0 aliphatic carbocycles. The molecule has 1 heterocycles. The van der Waals surface area contributed by atoms with Crippen molar-refractivity contribution >= 4 is 41.7 Å². The van der Waals surface area contributed by atoms with Gasteiger partial charge in [-0.05, 0) is 32.8 Å². The molecular formula is C13H30IN5S. The number of guanidine groups is 1. The minimum atomic E-state index is 0. The molecule has 0 aromatic carbocycles. The van der Waals surface area contributed by atoms with Crippen LogP contribution in [0.4, 0.5) is 0 Å². The van der Waals surface area contributed by atoms with E-state index in [1.54, 1.807) is 0 Å². The standard InChI is InChI=1S/C13H29N5S.HI/c1-14-13(16-6-12-19-3)15-5-9-18-8-4-7-17(2)10-11-18;/h4-12H2,1-3H3,(H2,14,15,16);1H. The van der Waals surface area contributed by atoms with Gasteiger partial charge in [0.05, 0.1) is 0 Å². The normalized spacial score (nSPS) is 18.2. The highest BCUT2D eigenvalue weighted by molar-refractivity contribution is 14.0. The molecule has 1 fully saturated rings. The van der Waals surface area contributed by atoms with E-state index in [-0.39, 0.29) is 24.0 Å². The van der Waals surface area contributed by atoms with Crippen LogP contribution in [0.25, 0.3) is 0 Å². The number of likely N-dealkylation sites (N-methyl/N-ethyl adjacent to an activating group) is 1. The summed E-state index contributed by atoms with van der Waals surface area (Å²) in [6, 6.07) is 0. The summed E-state index contributed by atoms with van der Waals surface area (Å²) >= 11 is 1.85. The zero-order chi connectivity index (χ0) is 13.9. The second-order valence-electron chi connectivity index (χ2n) is 4.92. The van der Waals surface area contributed by atoms with Gasteiger partial charge in [0.15, 0.2) is 5.96 Å². The van der Waals surface area contributed by atoms with Crippen LogP contribution in [0.15, 0.2) is 4.99 Å².